The van der Waals surface area contributed by atoms with Gasteiger partial charge in [-0.05, 0) is 76.6 Å². The molecule has 11 aromatic rings. The number of hydrogen-bond donors (Lipinski definition) is 0. The zero-order chi connectivity index (χ0) is 41.0. The Bertz CT molecular complexity index is 3430. The predicted molar refractivity (Wildman–Crippen MR) is 255 cm³/mol. The fourth-order valence-electron chi connectivity index (χ4n) is 9.75. The van der Waals surface area contributed by atoms with Crippen LogP contribution in [-0.2, 0) is 6.42 Å². The molecule has 0 aliphatic heterocycles. The molecule has 0 N–H and O–H groups in total. The maximum absolute atomic E-state index is 5.47. The van der Waals surface area contributed by atoms with Gasteiger partial charge >= 0.3 is 0 Å². The summed E-state index contributed by atoms with van der Waals surface area (Å²) in [6.45, 7) is 0. The van der Waals surface area contributed by atoms with Crippen molar-refractivity contribution in [2.45, 2.75) is 18.8 Å². The molecule has 1 aliphatic carbocycles. The highest BCUT2D eigenvalue weighted by atomic mass is 15.0. The Balaban J connectivity index is 0.924. The standard InChI is InChI=1S/C58H40N4/c1-5-17-39(18-6-1)51-37-59-54(58-57(51)60-55(40-19-7-2-8-20-40)56(61-58)41-21-9-3-10-22-41)42-32-29-38(30-33-42)31-34-46-44-25-13-14-26-45(44)49-36-53-50(35-48(46)49)47-27-15-16-28-52(47)62(53)43-23-11-4-12-24-43/h1-30,32-33,35-37,46H,31,34H2. The number of benzene rings is 8. The molecule has 4 heteroatoms. The first-order chi connectivity index (χ1) is 30.8. The molecule has 0 amide bonds. The molecule has 12 rings (SSSR count). The average molecular weight is 793 g/mol. The molecule has 1 atom stereocenters. The lowest BCUT2D eigenvalue weighted by Crippen LogP contribution is -2.01. The lowest BCUT2D eigenvalue weighted by atomic mass is 9.89. The van der Waals surface area contributed by atoms with Gasteiger partial charge in [0.05, 0.1) is 28.1 Å². The smallest absolute Gasteiger partial charge is 0.116 e. The molecule has 0 spiro atoms. The summed E-state index contributed by atoms with van der Waals surface area (Å²) in [7, 11) is 0. The van der Waals surface area contributed by atoms with Crippen LogP contribution >= 0.6 is 0 Å². The summed E-state index contributed by atoms with van der Waals surface area (Å²) in [6.07, 6.45) is 3.92. The molecule has 0 radical (unpaired) electrons. The summed E-state index contributed by atoms with van der Waals surface area (Å²) in [6, 6.07) is 73.6. The van der Waals surface area contributed by atoms with E-state index >= 15 is 0 Å². The molecular formula is C58H40N4. The van der Waals surface area contributed by atoms with Crippen molar-refractivity contribution in [3.8, 4) is 61.7 Å². The molecule has 0 fully saturated rings. The Labute approximate surface area is 360 Å². The lowest BCUT2D eigenvalue weighted by Gasteiger charge is -2.16. The van der Waals surface area contributed by atoms with Gasteiger partial charge in [0.1, 0.15) is 11.0 Å². The third kappa shape index (κ3) is 6.02. The van der Waals surface area contributed by atoms with Gasteiger partial charge < -0.3 is 4.57 Å². The number of pyridine rings is 1. The van der Waals surface area contributed by atoms with E-state index in [1.165, 1.54) is 55.3 Å². The number of nitrogens with zero attached hydrogens (tertiary/aromatic N) is 4. The maximum atomic E-state index is 5.47. The van der Waals surface area contributed by atoms with Gasteiger partial charge in [0.2, 0.25) is 0 Å². The van der Waals surface area contributed by atoms with E-state index in [9.17, 15) is 0 Å². The van der Waals surface area contributed by atoms with Gasteiger partial charge in [0, 0.05) is 50.8 Å². The van der Waals surface area contributed by atoms with Gasteiger partial charge in [-0.15, -0.1) is 0 Å². The van der Waals surface area contributed by atoms with Crippen LogP contribution in [0.5, 0.6) is 0 Å². The summed E-state index contributed by atoms with van der Waals surface area (Å²) in [5.74, 6) is 0.297. The van der Waals surface area contributed by atoms with Crippen LogP contribution in [0.3, 0.4) is 0 Å². The number of aryl methyl sites for hydroxylation is 1. The number of hydrogen-bond acceptors (Lipinski definition) is 3. The minimum atomic E-state index is 0.297. The molecule has 4 nitrogen and oxygen atoms in total. The van der Waals surface area contributed by atoms with Gasteiger partial charge in [-0.2, -0.15) is 0 Å². The van der Waals surface area contributed by atoms with Crippen LogP contribution in [0.2, 0.25) is 0 Å². The summed E-state index contributed by atoms with van der Waals surface area (Å²) >= 11 is 0. The third-order valence-electron chi connectivity index (χ3n) is 12.7. The molecule has 1 aliphatic rings. The quantitative estimate of drug-likeness (QED) is 0.154. The molecule has 0 saturated heterocycles. The second-order valence-electron chi connectivity index (χ2n) is 16.3. The van der Waals surface area contributed by atoms with Crippen molar-refractivity contribution in [2.24, 2.45) is 0 Å². The Hall–Kier alpha value is -7.95. The van der Waals surface area contributed by atoms with E-state index in [0.717, 1.165) is 68.8 Å². The molecule has 292 valence electrons. The molecule has 3 aromatic heterocycles. The van der Waals surface area contributed by atoms with E-state index in [-0.39, 0.29) is 0 Å². The van der Waals surface area contributed by atoms with E-state index in [1.807, 2.05) is 24.4 Å². The monoisotopic (exact) mass is 792 g/mol. The van der Waals surface area contributed by atoms with Crippen LogP contribution in [0.15, 0.2) is 212 Å². The van der Waals surface area contributed by atoms with Crippen LogP contribution in [0.25, 0.3) is 94.6 Å². The van der Waals surface area contributed by atoms with Gasteiger partial charge in [-0.1, -0.05) is 176 Å². The summed E-state index contributed by atoms with van der Waals surface area (Å²) in [5, 5.41) is 2.59. The Morgan fingerprint density at radius 2 is 0.984 bits per heavy atom. The van der Waals surface area contributed by atoms with Gasteiger partial charge in [0.15, 0.2) is 0 Å². The fraction of sp³-hybridized carbons (Fsp3) is 0.0517. The fourth-order valence-corrected chi connectivity index (χ4v) is 9.75. The molecule has 0 bridgehead atoms. The molecular weight excluding hydrogens is 753 g/mol. The van der Waals surface area contributed by atoms with Crippen LogP contribution in [0.1, 0.15) is 29.0 Å². The average Bonchev–Trinajstić information content (AvgIpc) is 3.84. The van der Waals surface area contributed by atoms with Crippen molar-refractivity contribution >= 4 is 32.8 Å². The topological polar surface area (TPSA) is 43.6 Å². The minimum absolute atomic E-state index is 0.297. The van der Waals surface area contributed by atoms with Crippen molar-refractivity contribution in [1.29, 1.82) is 0 Å². The van der Waals surface area contributed by atoms with Crippen molar-refractivity contribution in [1.82, 2.24) is 19.5 Å². The van der Waals surface area contributed by atoms with Crippen molar-refractivity contribution < 1.29 is 0 Å². The van der Waals surface area contributed by atoms with Gasteiger partial charge in [0.25, 0.3) is 0 Å². The van der Waals surface area contributed by atoms with E-state index < -0.39 is 0 Å². The first-order valence-corrected chi connectivity index (χ1v) is 21.4. The zero-order valence-electron chi connectivity index (χ0n) is 34.0. The predicted octanol–water partition coefficient (Wildman–Crippen LogP) is 14.5. The number of fused-ring (bicyclic) bond motifs is 7. The van der Waals surface area contributed by atoms with Crippen molar-refractivity contribution in [2.75, 3.05) is 0 Å². The highest BCUT2D eigenvalue weighted by Gasteiger charge is 2.30. The zero-order valence-corrected chi connectivity index (χ0v) is 34.0. The minimum Gasteiger partial charge on any atom is -0.309 e. The molecule has 8 aromatic carbocycles. The number of rotatable bonds is 8. The largest absolute Gasteiger partial charge is 0.309 e. The summed E-state index contributed by atoms with van der Waals surface area (Å²) in [4.78, 5) is 16.1. The maximum Gasteiger partial charge on any atom is 0.116 e. The van der Waals surface area contributed by atoms with Crippen LogP contribution in [0, 0.1) is 0 Å². The van der Waals surface area contributed by atoms with Crippen molar-refractivity contribution in [3.63, 3.8) is 0 Å². The molecule has 62 heavy (non-hydrogen) atoms. The normalized spacial score (nSPS) is 13.1. The highest BCUT2D eigenvalue weighted by molar-refractivity contribution is 6.11. The highest BCUT2D eigenvalue weighted by Crippen LogP contribution is 2.50. The van der Waals surface area contributed by atoms with Gasteiger partial charge in [-0.3, -0.25) is 4.98 Å². The third-order valence-corrected chi connectivity index (χ3v) is 12.7. The Kier molecular flexibility index (Phi) is 8.67. The van der Waals surface area contributed by atoms with Crippen LogP contribution in [-0.4, -0.2) is 19.5 Å². The van der Waals surface area contributed by atoms with Crippen LogP contribution in [0.4, 0.5) is 0 Å². The van der Waals surface area contributed by atoms with E-state index in [4.69, 9.17) is 15.0 Å². The summed E-state index contributed by atoms with van der Waals surface area (Å²) < 4.78 is 2.42. The number of para-hydroxylation sites is 2. The Morgan fingerprint density at radius 3 is 1.69 bits per heavy atom. The first kappa shape index (κ1) is 35.9. The Morgan fingerprint density at radius 1 is 0.403 bits per heavy atom. The molecule has 3 heterocycles. The summed E-state index contributed by atoms with van der Waals surface area (Å²) in [5.41, 5.74) is 19.7. The lowest BCUT2D eigenvalue weighted by molar-refractivity contribution is 0.730. The second kappa shape index (κ2) is 14.9. The second-order valence-corrected chi connectivity index (χ2v) is 16.3. The SMILES string of the molecule is c1ccc(-c2nc3c(-c4ccccc4)cnc(-c4ccc(CCC5c6ccccc6-c6cc7c(cc65)c5ccccc5n7-c5ccccc5)cc4)c3nc2-c2ccccc2)cc1. The van der Waals surface area contributed by atoms with Crippen molar-refractivity contribution in [3.05, 3.63) is 229 Å². The van der Waals surface area contributed by atoms with E-state index in [0.29, 0.717) is 5.92 Å². The molecule has 0 saturated carbocycles. The molecule has 1 unspecified atom stereocenters. The first-order valence-electron chi connectivity index (χ1n) is 21.4. The van der Waals surface area contributed by atoms with E-state index in [1.54, 1.807) is 0 Å². The van der Waals surface area contributed by atoms with Crippen LogP contribution < -0.4 is 0 Å². The van der Waals surface area contributed by atoms with Gasteiger partial charge in [-0.25, -0.2) is 9.97 Å². The van der Waals surface area contributed by atoms with E-state index in [2.05, 4.69) is 193 Å². The number of aromatic nitrogens is 4.